The normalized spacial score (nSPS) is 14.9. The third kappa shape index (κ3) is 4.08. The number of halogens is 1. The van der Waals surface area contributed by atoms with Crippen molar-refractivity contribution in [1.82, 2.24) is 9.97 Å². The lowest BCUT2D eigenvalue weighted by atomic mass is 10.1. The Bertz CT molecular complexity index is 617. The van der Waals surface area contributed by atoms with Crippen LogP contribution in [0.25, 0.3) is 0 Å². The van der Waals surface area contributed by atoms with Crippen molar-refractivity contribution in [2.75, 3.05) is 43.1 Å². The van der Waals surface area contributed by atoms with Gasteiger partial charge in [0.05, 0.1) is 13.2 Å². The van der Waals surface area contributed by atoms with E-state index >= 15 is 0 Å². The van der Waals surface area contributed by atoms with Crippen molar-refractivity contribution in [3.63, 3.8) is 0 Å². The second kappa shape index (κ2) is 7.42. The maximum absolute atomic E-state index is 5.99. The third-order valence-corrected chi connectivity index (χ3v) is 3.83. The van der Waals surface area contributed by atoms with Gasteiger partial charge in [-0.25, -0.2) is 9.97 Å². The minimum absolute atomic E-state index is 0.752. The standard InChI is InChI=1S/C16H19ClN4O/c17-14-3-1-2-13(10-14)4-5-18-15-11-16(20-12-19-15)21-6-8-22-9-7-21/h1-3,10-12H,4-9H2,(H,18,19,20). The van der Waals surface area contributed by atoms with Crippen LogP contribution in [0.15, 0.2) is 36.7 Å². The lowest BCUT2D eigenvalue weighted by Gasteiger charge is -2.27. The van der Waals surface area contributed by atoms with E-state index in [1.807, 2.05) is 24.3 Å². The van der Waals surface area contributed by atoms with Gasteiger partial charge in [0.1, 0.15) is 18.0 Å². The Kier molecular flexibility index (Phi) is 5.08. The van der Waals surface area contributed by atoms with E-state index in [4.69, 9.17) is 16.3 Å². The predicted molar refractivity (Wildman–Crippen MR) is 88.7 cm³/mol. The summed E-state index contributed by atoms with van der Waals surface area (Å²) in [5.41, 5.74) is 1.21. The van der Waals surface area contributed by atoms with E-state index in [0.29, 0.717) is 0 Å². The van der Waals surface area contributed by atoms with Crippen LogP contribution in [0, 0.1) is 0 Å². The molecule has 0 spiro atoms. The second-order valence-electron chi connectivity index (χ2n) is 5.17. The Morgan fingerprint density at radius 3 is 2.86 bits per heavy atom. The van der Waals surface area contributed by atoms with Crippen molar-refractivity contribution in [1.29, 1.82) is 0 Å². The van der Waals surface area contributed by atoms with Crippen molar-refractivity contribution in [2.45, 2.75) is 6.42 Å². The first-order valence-electron chi connectivity index (χ1n) is 7.44. The molecule has 1 N–H and O–H groups in total. The van der Waals surface area contributed by atoms with Gasteiger partial charge in [0.25, 0.3) is 0 Å². The van der Waals surface area contributed by atoms with Crippen LogP contribution in [0.3, 0.4) is 0 Å². The number of morpholine rings is 1. The number of benzene rings is 1. The summed E-state index contributed by atoms with van der Waals surface area (Å²) in [5.74, 6) is 1.79. The molecule has 1 aromatic heterocycles. The van der Waals surface area contributed by atoms with E-state index in [1.54, 1.807) is 6.33 Å². The van der Waals surface area contributed by atoms with Crippen LogP contribution in [0.1, 0.15) is 5.56 Å². The highest BCUT2D eigenvalue weighted by molar-refractivity contribution is 6.30. The fourth-order valence-corrected chi connectivity index (χ4v) is 2.65. The van der Waals surface area contributed by atoms with Crippen molar-refractivity contribution in [3.05, 3.63) is 47.2 Å². The predicted octanol–water partition coefficient (Wildman–Crippen LogP) is 2.62. The number of aromatic nitrogens is 2. The van der Waals surface area contributed by atoms with Gasteiger partial charge in [0.15, 0.2) is 0 Å². The molecule has 1 aromatic carbocycles. The minimum Gasteiger partial charge on any atom is -0.378 e. The summed E-state index contributed by atoms with van der Waals surface area (Å²) in [6, 6.07) is 9.91. The summed E-state index contributed by atoms with van der Waals surface area (Å²) in [5, 5.41) is 4.11. The topological polar surface area (TPSA) is 50.3 Å². The maximum Gasteiger partial charge on any atom is 0.134 e. The van der Waals surface area contributed by atoms with Crippen LogP contribution < -0.4 is 10.2 Å². The molecular formula is C16H19ClN4O. The van der Waals surface area contributed by atoms with Gasteiger partial charge in [0, 0.05) is 30.7 Å². The Balaban J connectivity index is 1.56. The van der Waals surface area contributed by atoms with Gasteiger partial charge in [0.2, 0.25) is 0 Å². The Labute approximate surface area is 135 Å². The molecule has 6 heteroatoms. The smallest absolute Gasteiger partial charge is 0.134 e. The molecule has 0 saturated carbocycles. The molecule has 0 bridgehead atoms. The summed E-state index contributed by atoms with van der Waals surface area (Å²) in [6.45, 7) is 4.06. The van der Waals surface area contributed by atoms with Crippen LogP contribution in [0.4, 0.5) is 11.6 Å². The van der Waals surface area contributed by atoms with Crippen LogP contribution in [-0.2, 0) is 11.2 Å². The van der Waals surface area contributed by atoms with E-state index in [0.717, 1.165) is 55.9 Å². The van der Waals surface area contributed by atoms with Gasteiger partial charge < -0.3 is 15.0 Å². The molecule has 1 fully saturated rings. The number of rotatable bonds is 5. The number of hydrogen-bond acceptors (Lipinski definition) is 5. The van der Waals surface area contributed by atoms with Crippen LogP contribution in [-0.4, -0.2) is 42.8 Å². The van der Waals surface area contributed by atoms with E-state index < -0.39 is 0 Å². The largest absolute Gasteiger partial charge is 0.378 e. The number of hydrogen-bond donors (Lipinski definition) is 1. The molecule has 1 saturated heterocycles. The SMILES string of the molecule is Clc1cccc(CCNc2cc(N3CCOCC3)ncn2)c1. The molecule has 0 aliphatic carbocycles. The first kappa shape index (κ1) is 15.1. The van der Waals surface area contributed by atoms with E-state index in [1.165, 1.54) is 5.56 Å². The lowest BCUT2D eigenvalue weighted by Crippen LogP contribution is -2.36. The summed E-state index contributed by atoms with van der Waals surface area (Å²) < 4.78 is 5.36. The summed E-state index contributed by atoms with van der Waals surface area (Å²) in [6.07, 6.45) is 2.50. The minimum atomic E-state index is 0.752. The zero-order chi connectivity index (χ0) is 15.2. The fourth-order valence-electron chi connectivity index (χ4n) is 2.44. The van der Waals surface area contributed by atoms with Gasteiger partial charge >= 0.3 is 0 Å². The summed E-state index contributed by atoms with van der Waals surface area (Å²) in [4.78, 5) is 10.8. The first-order valence-corrected chi connectivity index (χ1v) is 7.82. The van der Waals surface area contributed by atoms with Crippen molar-refractivity contribution in [3.8, 4) is 0 Å². The highest BCUT2D eigenvalue weighted by atomic mass is 35.5. The molecule has 0 unspecified atom stereocenters. The van der Waals surface area contributed by atoms with E-state index in [-0.39, 0.29) is 0 Å². The number of ether oxygens (including phenoxy) is 1. The van der Waals surface area contributed by atoms with Gasteiger partial charge in [-0.05, 0) is 24.1 Å². The molecule has 0 amide bonds. The molecule has 2 aromatic rings. The highest BCUT2D eigenvalue weighted by Crippen LogP contribution is 2.16. The molecule has 2 heterocycles. The Hall–Kier alpha value is -1.85. The number of nitrogens with one attached hydrogen (secondary N) is 1. The molecule has 1 aliphatic rings. The number of nitrogens with zero attached hydrogens (tertiary/aromatic N) is 3. The summed E-state index contributed by atoms with van der Waals surface area (Å²) >= 11 is 5.99. The molecular weight excluding hydrogens is 300 g/mol. The van der Waals surface area contributed by atoms with Crippen LogP contribution >= 0.6 is 11.6 Å². The zero-order valence-corrected chi connectivity index (χ0v) is 13.1. The molecule has 0 radical (unpaired) electrons. The molecule has 1 aliphatic heterocycles. The van der Waals surface area contributed by atoms with Crippen molar-refractivity contribution in [2.24, 2.45) is 0 Å². The van der Waals surface area contributed by atoms with Gasteiger partial charge in [-0.2, -0.15) is 0 Å². The van der Waals surface area contributed by atoms with E-state index in [9.17, 15) is 0 Å². The number of anilines is 2. The monoisotopic (exact) mass is 318 g/mol. The van der Waals surface area contributed by atoms with Gasteiger partial charge in [-0.3, -0.25) is 0 Å². The Morgan fingerprint density at radius 2 is 2.05 bits per heavy atom. The third-order valence-electron chi connectivity index (χ3n) is 3.60. The quantitative estimate of drug-likeness (QED) is 0.918. The molecule has 22 heavy (non-hydrogen) atoms. The van der Waals surface area contributed by atoms with Crippen LogP contribution in [0.5, 0.6) is 0 Å². The first-order chi connectivity index (χ1) is 10.8. The van der Waals surface area contributed by atoms with Crippen molar-refractivity contribution < 1.29 is 4.74 Å². The van der Waals surface area contributed by atoms with Crippen molar-refractivity contribution >= 4 is 23.2 Å². The van der Waals surface area contributed by atoms with Gasteiger partial charge in [-0.15, -0.1) is 0 Å². The fraction of sp³-hybridized carbons (Fsp3) is 0.375. The van der Waals surface area contributed by atoms with E-state index in [2.05, 4.69) is 26.3 Å². The Morgan fingerprint density at radius 1 is 1.18 bits per heavy atom. The highest BCUT2D eigenvalue weighted by Gasteiger charge is 2.12. The second-order valence-corrected chi connectivity index (χ2v) is 5.60. The maximum atomic E-state index is 5.99. The average molecular weight is 319 g/mol. The summed E-state index contributed by atoms with van der Waals surface area (Å²) in [7, 11) is 0. The van der Waals surface area contributed by atoms with Crippen LogP contribution in [0.2, 0.25) is 5.02 Å². The lowest BCUT2D eigenvalue weighted by molar-refractivity contribution is 0.122. The molecule has 5 nitrogen and oxygen atoms in total. The molecule has 3 rings (SSSR count). The van der Waals surface area contributed by atoms with Gasteiger partial charge in [-0.1, -0.05) is 23.7 Å². The molecule has 0 atom stereocenters. The average Bonchev–Trinajstić information content (AvgIpc) is 2.56. The molecule has 116 valence electrons. The zero-order valence-electron chi connectivity index (χ0n) is 12.3.